The highest BCUT2D eigenvalue weighted by Crippen LogP contribution is 2.26. The van der Waals surface area contributed by atoms with Crippen LogP contribution in [0.3, 0.4) is 0 Å². The van der Waals surface area contributed by atoms with Gasteiger partial charge in [-0.3, -0.25) is 0 Å². The third-order valence-electron chi connectivity index (χ3n) is 5.48. The van der Waals surface area contributed by atoms with E-state index in [1.807, 2.05) is 48.5 Å². The van der Waals surface area contributed by atoms with Crippen molar-refractivity contribution in [1.29, 1.82) is 0 Å². The van der Waals surface area contributed by atoms with Gasteiger partial charge in [0.05, 0.1) is 17.6 Å². The van der Waals surface area contributed by atoms with Gasteiger partial charge in [0.1, 0.15) is 17.7 Å². The summed E-state index contributed by atoms with van der Waals surface area (Å²) in [7, 11) is 0. The van der Waals surface area contributed by atoms with Crippen molar-refractivity contribution in [2.45, 2.75) is 39.3 Å². The number of hydrogen-bond acceptors (Lipinski definition) is 3. The molecule has 0 radical (unpaired) electrons. The molecule has 30 heavy (non-hydrogen) atoms. The molecule has 154 valence electrons. The highest BCUT2D eigenvalue weighted by molar-refractivity contribution is 5.76. The van der Waals surface area contributed by atoms with E-state index in [1.54, 1.807) is 0 Å². The Kier molecular flexibility index (Phi) is 6.15. The molecule has 0 bridgehead atoms. The normalized spacial score (nSPS) is 12.2. The highest BCUT2D eigenvalue weighted by Gasteiger charge is 2.19. The Morgan fingerprint density at radius 2 is 1.57 bits per heavy atom. The second-order valence-electron chi connectivity index (χ2n) is 7.70. The van der Waals surface area contributed by atoms with Crippen LogP contribution in [0.2, 0.25) is 0 Å². The molecule has 1 heterocycles. The molecule has 1 atom stereocenters. The average Bonchev–Trinajstić information content (AvgIpc) is 3.14. The van der Waals surface area contributed by atoms with Crippen molar-refractivity contribution in [2.75, 3.05) is 6.61 Å². The van der Waals surface area contributed by atoms with E-state index in [-0.39, 0.29) is 0 Å². The van der Waals surface area contributed by atoms with Crippen molar-refractivity contribution in [2.24, 2.45) is 0 Å². The Balaban J connectivity index is 1.47. The van der Waals surface area contributed by atoms with E-state index < -0.39 is 6.10 Å². The molecule has 4 heteroatoms. The number of para-hydroxylation sites is 3. The third kappa shape index (κ3) is 4.24. The number of aliphatic hydroxyl groups is 1. The first-order valence-corrected chi connectivity index (χ1v) is 10.5. The zero-order valence-electron chi connectivity index (χ0n) is 17.6. The molecule has 0 fully saturated rings. The molecule has 1 unspecified atom stereocenters. The number of nitrogens with zero attached hydrogens (tertiary/aromatic N) is 2. The molecule has 1 N–H and O–H groups in total. The first kappa shape index (κ1) is 20.2. The van der Waals surface area contributed by atoms with Crippen LogP contribution >= 0.6 is 0 Å². The van der Waals surface area contributed by atoms with Crippen LogP contribution in [0, 0.1) is 13.8 Å². The topological polar surface area (TPSA) is 47.3 Å². The zero-order chi connectivity index (χ0) is 20.9. The van der Waals surface area contributed by atoms with E-state index in [0.717, 1.165) is 41.7 Å². The van der Waals surface area contributed by atoms with Crippen LogP contribution in [0.4, 0.5) is 0 Å². The van der Waals surface area contributed by atoms with E-state index in [4.69, 9.17) is 9.72 Å². The summed E-state index contributed by atoms with van der Waals surface area (Å²) in [5.41, 5.74) is 5.16. The molecule has 4 rings (SSSR count). The average molecular weight is 401 g/mol. The number of rotatable bonds is 8. The zero-order valence-corrected chi connectivity index (χ0v) is 17.6. The molecule has 0 saturated heterocycles. The van der Waals surface area contributed by atoms with E-state index in [1.165, 1.54) is 11.1 Å². The van der Waals surface area contributed by atoms with Crippen molar-refractivity contribution in [3.05, 3.63) is 95.3 Å². The summed E-state index contributed by atoms with van der Waals surface area (Å²) in [6.07, 6.45) is 1.13. The second kappa shape index (κ2) is 9.14. The first-order chi connectivity index (χ1) is 14.6. The van der Waals surface area contributed by atoms with E-state index in [9.17, 15) is 5.11 Å². The van der Waals surface area contributed by atoms with Gasteiger partial charge in [-0.2, -0.15) is 0 Å². The van der Waals surface area contributed by atoms with Gasteiger partial charge in [-0.15, -0.1) is 0 Å². The highest BCUT2D eigenvalue weighted by atomic mass is 16.5. The lowest BCUT2D eigenvalue weighted by Crippen LogP contribution is -2.11. The fourth-order valence-corrected chi connectivity index (χ4v) is 3.90. The Labute approximate surface area is 177 Å². The summed E-state index contributed by atoms with van der Waals surface area (Å²) >= 11 is 0. The van der Waals surface area contributed by atoms with Gasteiger partial charge in [-0.25, -0.2) is 4.98 Å². The Morgan fingerprint density at radius 1 is 0.867 bits per heavy atom. The second-order valence-corrected chi connectivity index (χ2v) is 7.70. The number of hydrogen-bond donors (Lipinski definition) is 1. The van der Waals surface area contributed by atoms with Crippen LogP contribution in [-0.4, -0.2) is 21.3 Å². The molecule has 0 amide bonds. The molecule has 0 spiro atoms. The maximum Gasteiger partial charge on any atom is 0.143 e. The van der Waals surface area contributed by atoms with Gasteiger partial charge in [0.15, 0.2) is 0 Å². The quantitative estimate of drug-likeness (QED) is 0.392. The van der Waals surface area contributed by atoms with Crippen molar-refractivity contribution in [3.63, 3.8) is 0 Å². The van der Waals surface area contributed by atoms with Crippen LogP contribution in [0.1, 0.15) is 41.5 Å². The predicted octanol–water partition coefficient (Wildman–Crippen LogP) is 5.59. The van der Waals surface area contributed by atoms with Crippen molar-refractivity contribution >= 4 is 11.0 Å². The maximum atomic E-state index is 11.0. The summed E-state index contributed by atoms with van der Waals surface area (Å²) in [6.45, 7) is 5.62. The lowest BCUT2D eigenvalue weighted by Gasteiger charge is -2.15. The largest absolute Gasteiger partial charge is 0.493 e. The maximum absolute atomic E-state index is 11.0. The number of fused-ring (bicyclic) bond motifs is 1. The molecule has 4 aromatic rings. The van der Waals surface area contributed by atoms with Crippen molar-refractivity contribution in [3.8, 4) is 5.75 Å². The molecule has 1 aromatic heterocycles. The van der Waals surface area contributed by atoms with Gasteiger partial charge in [-0.05, 0) is 55.5 Å². The van der Waals surface area contributed by atoms with E-state index in [2.05, 4.69) is 42.7 Å². The fraction of sp³-hybridized carbons (Fsp3) is 0.269. The Hall–Kier alpha value is -3.11. The summed E-state index contributed by atoms with van der Waals surface area (Å²) in [6, 6.07) is 24.0. The minimum Gasteiger partial charge on any atom is -0.493 e. The molecule has 0 aliphatic heterocycles. The molecule has 0 saturated carbocycles. The fourth-order valence-electron chi connectivity index (χ4n) is 3.90. The Bertz CT molecular complexity index is 1100. The summed E-state index contributed by atoms with van der Waals surface area (Å²) < 4.78 is 8.19. The summed E-state index contributed by atoms with van der Waals surface area (Å²) in [4.78, 5) is 4.74. The van der Waals surface area contributed by atoms with Crippen LogP contribution in [0.5, 0.6) is 5.75 Å². The minimum atomic E-state index is -0.746. The molecule has 0 aliphatic carbocycles. The predicted molar refractivity (Wildman–Crippen MR) is 121 cm³/mol. The number of aryl methyl sites for hydroxylation is 3. The smallest absolute Gasteiger partial charge is 0.143 e. The SMILES string of the molecule is Cc1cccc(C)c1OCCCCn1c(C(O)c2ccccc2)nc2ccccc21. The lowest BCUT2D eigenvalue weighted by atomic mass is 10.1. The molecule has 0 aliphatic rings. The minimum absolute atomic E-state index is 0.675. The van der Waals surface area contributed by atoms with Gasteiger partial charge < -0.3 is 14.4 Å². The van der Waals surface area contributed by atoms with E-state index >= 15 is 0 Å². The van der Waals surface area contributed by atoms with Crippen molar-refractivity contribution < 1.29 is 9.84 Å². The number of imidazole rings is 1. The molecule has 3 aromatic carbocycles. The number of ether oxygens (including phenoxy) is 1. The van der Waals surface area contributed by atoms with Crippen LogP contribution in [0.25, 0.3) is 11.0 Å². The van der Waals surface area contributed by atoms with Gasteiger partial charge >= 0.3 is 0 Å². The van der Waals surface area contributed by atoms with E-state index in [0.29, 0.717) is 12.4 Å². The molecule has 4 nitrogen and oxygen atoms in total. The van der Waals surface area contributed by atoms with Gasteiger partial charge in [-0.1, -0.05) is 60.7 Å². The number of benzene rings is 3. The monoisotopic (exact) mass is 400 g/mol. The van der Waals surface area contributed by atoms with Gasteiger partial charge in [0, 0.05) is 6.54 Å². The number of aliphatic hydroxyl groups excluding tert-OH is 1. The van der Waals surface area contributed by atoms with Gasteiger partial charge in [0.2, 0.25) is 0 Å². The van der Waals surface area contributed by atoms with Crippen LogP contribution in [-0.2, 0) is 6.54 Å². The molecular formula is C26H28N2O2. The van der Waals surface area contributed by atoms with Crippen molar-refractivity contribution in [1.82, 2.24) is 9.55 Å². The Morgan fingerprint density at radius 3 is 2.33 bits per heavy atom. The summed E-state index contributed by atoms with van der Waals surface area (Å²) in [5.74, 6) is 1.68. The van der Waals surface area contributed by atoms with Crippen LogP contribution < -0.4 is 4.74 Å². The first-order valence-electron chi connectivity index (χ1n) is 10.5. The standard InChI is InChI=1S/C26H28N2O2/c1-19-11-10-12-20(2)25(19)30-18-9-8-17-28-23-16-7-6-15-22(23)27-26(28)24(29)21-13-4-3-5-14-21/h3-7,10-16,24,29H,8-9,17-18H2,1-2H3. The number of aromatic nitrogens is 2. The third-order valence-corrected chi connectivity index (χ3v) is 5.48. The lowest BCUT2D eigenvalue weighted by molar-refractivity contribution is 0.204. The summed E-state index contributed by atoms with van der Waals surface area (Å²) in [5, 5.41) is 11.0. The molecular weight excluding hydrogens is 372 g/mol. The number of unbranched alkanes of at least 4 members (excludes halogenated alkanes) is 1. The van der Waals surface area contributed by atoms with Crippen LogP contribution in [0.15, 0.2) is 72.8 Å². The van der Waals surface area contributed by atoms with Gasteiger partial charge in [0.25, 0.3) is 0 Å².